The van der Waals surface area contributed by atoms with Gasteiger partial charge in [0.25, 0.3) is 5.91 Å². The summed E-state index contributed by atoms with van der Waals surface area (Å²) < 4.78 is 12.2. The standard InChI is InChI=1S/C30H32N2O6/c1-29-13-8-18-37-28(36)24(29)23-26(34)32(15-5-2-6-17-33)25-27(35)31(16-7-14-30(23,25)38-29)22-12-11-20-9-3-4-10-21(20)19-22/h3-4,7-14,19,23-25,33H,2,5-6,15-18H2,1H3/t23-,24-,25?,29+,30-/m0/s1. The van der Waals surface area contributed by atoms with Crippen LogP contribution in [-0.2, 0) is 23.9 Å². The van der Waals surface area contributed by atoms with Crippen molar-refractivity contribution in [1.82, 2.24) is 4.90 Å². The molecule has 0 aromatic heterocycles. The highest BCUT2D eigenvalue weighted by Crippen LogP contribution is 2.57. The van der Waals surface area contributed by atoms with E-state index in [1.54, 1.807) is 28.9 Å². The van der Waals surface area contributed by atoms with Crippen molar-refractivity contribution in [1.29, 1.82) is 0 Å². The summed E-state index contributed by atoms with van der Waals surface area (Å²) >= 11 is 0. The molecule has 5 atom stereocenters. The summed E-state index contributed by atoms with van der Waals surface area (Å²) in [7, 11) is 0. The number of anilines is 1. The quantitative estimate of drug-likeness (QED) is 0.360. The van der Waals surface area contributed by atoms with Crippen molar-refractivity contribution in [3.05, 3.63) is 66.8 Å². The molecular formula is C30H32N2O6. The number of cyclic esters (lactones) is 1. The number of aliphatic hydroxyl groups excluding tert-OH is 1. The molecule has 0 aliphatic carbocycles. The van der Waals surface area contributed by atoms with Gasteiger partial charge in [-0.15, -0.1) is 0 Å². The van der Waals surface area contributed by atoms with Crippen molar-refractivity contribution in [2.24, 2.45) is 11.8 Å². The number of amides is 2. The van der Waals surface area contributed by atoms with E-state index in [0.717, 1.165) is 22.9 Å². The molecule has 38 heavy (non-hydrogen) atoms. The van der Waals surface area contributed by atoms with Crippen LogP contribution in [0.5, 0.6) is 0 Å². The number of hydrogen-bond acceptors (Lipinski definition) is 6. The minimum atomic E-state index is -1.29. The minimum Gasteiger partial charge on any atom is -0.461 e. The van der Waals surface area contributed by atoms with Crippen molar-refractivity contribution in [2.45, 2.75) is 43.4 Å². The number of benzene rings is 2. The first-order chi connectivity index (χ1) is 18.4. The maximum atomic E-state index is 14.4. The lowest BCUT2D eigenvalue weighted by molar-refractivity contribution is -0.156. The molecule has 0 bridgehead atoms. The number of rotatable bonds is 6. The molecule has 8 heteroatoms. The van der Waals surface area contributed by atoms with E-state index in [0.29, 0.717) is 25.9 Å². The first-order valence-corrected chi connectivity index (χ1v) is 13.3. The molecule has 2 aromatic rings. The third kappa shape index (κ3) is 3.69. The Morgan fingerprint density at radius 2 is 1.76 bits per heavy atom. The van der Waals surface area contributed by atoms with Gasteiger partial charge in [0.05, 0.1) is 11.5 Å². The van der Waals surface area contributed by atoms with E-state index >= 15 is 0 Å². The molecular weight excluding hydrogens is 484 g/mol. The summed E-state index contributed by atoms with van der Waals surface area (Å²) in [6.45, 7) is 2.66. The minimum absolute atomic E-state index is 0.0725. The fourth-order valence-corrected chi connectivity index (χ4v) is 6.74. The smallest absolute Gasteiger partial charge is 0.313 e. The van der Waals surface area contributed by atoms with Crippen molar-refractivity contribution >= 4 is 34.2 Å². The molecule has 2 fully saturated rings. The molecule has 2 aromatic carbocycles. The maximum Gasteiger partial charge on any atom is 0.313 e. The van der Waals surface area contributed by atoms with E-state index < -0.39 is 35.0 Å². The van der Waals surface area contributed by atoms with Crippen molar-refractivity contribution in [3.8, 4) is 0 Å². The molecule has 4 aliphatic rings. The summed E-state index contributed by atoms with van der Waals surface area (Å²) in [4.78, 5) is 45.0. The van der Waals surface area contributed by atoms with Gasteiger partial charge in [0.2, 0.25) is 5.91 Å². The van der Waals surface area contributed by atoms with Crippen molar-refractivity contribution in [3.63, 3.8) is 0 Å². The Balaban J connectivity index is 1.44. The Morgan fingerprint density at radius 3 is 2.58 bits per heavy atom. The van der Waals surface area contributed by atoms with Crippen LogP contribution < -0.4 is 4.90 Å². The zero-order chi connectivity index (χ0) is 26.5. The van der Waals surface area contributed by atoms with E-state index in [4.69, 9.17) is 9.47 Å². The van der Waals surface area contributed by atoms with Crippen molar-refractivity contribution < 1.29 is 29.0 Å². The summed E-state index contributed by atoms with van der Waals surface area (Å²) in [6.07, 6.45) is 9.23. The van der Waals surface area contributed by atoms with Crippen LogP contribution >= 0.6 is 0 Å². The predicted octanol–water partition coefficient (Wildman–Crippen LogP) is 2.99. The van der Waals surface area contributed by atoms with Gasteiger partial charge in [-0.1, -0.05) is 48.6 Å². The Morgan fingerprint density at radius 1 is 0.947 bits per heavy atom. The number of likely N-dealkylation sites (tertiary alicyclic amines) is 1. The van der Waals surface area contributed by atoms with Crippen LogP contribution in [0.2, 0.25) is 0 Å². The molecule has 1 N–H and O–H groups in total. The highest BCUT2D eigenvalue weighted by molar-refractivity contribution is 6.06. The average Bonchev–Trinajstić information content (AvgIpc) is 3.16. The Hall–Kier alpha value is -3.49. The van der Waals surface area contributed by atoms with Crippen LogP contribution in [0.1, 0.15) is 26.2 Å². The van der Waals surface area contributed by atoms with Crippen LogP contribution in [0.15, 0.2) is 66.8 Å². The maximum absolute atomic E-state index is 14.4. The fourth-order valence-electron chi connectivity index (χ4n) is 6.74. The number of aliphatic hydroxyl groups is 1. The SMILES string of the molecule is C[C@@]12C=CCOC(=O)[C@@H]1[C@H]1C(=O)N(CCCCCO)C3C(=O)N(c4ccc5ccccc5c4)CC=C[C@@]31O2. The van der Waals surface area contributed by atoms with Gasteiger partial charge >= 0.3 is 5.97 Å². The van der Waals surface area contributed by atoms with E-state index in [1.807, 2.05) is 54.6 Å². The monoisotopic (exact) mass is 516 g/mol. The van der Waals surface area contributed by atoms with Gasteiger partial charge in [-0.3, -0.25) is 14.4 Å². The highest BCUT2D eigenvalue weighted by atomic mass is 16.6. The Bertz CT molecular complexity index is 1350. The Labute approximate surface area is 221 Å². The van der Waals surface area contributed by atoms with Gasteiger partial charge in [-0.25, -0.2) is 0 Å². The molecule has 4 aliphatic heterocycles. The van der Waals surface area contributed by atoms with Gasteiger partial charge in [0.15, 0.2) is 0 Å². The second kappa shape index (κ2) is 9.36. The van der Waals surface area contributed by atoms with Gasteiger partial charge in [-0.05, 0) is 55.2 Å². The summed E-state index contributed by atoms with van der Waals surface area (Å²) in [5.74, 6) is -2.71. The summed E-state index contributed by atoms with van der Waals surface area (Å²) in [5, 5.41) is 11.3. The number of carbonyl (C=O) groups excluding carboxylic acids is 3. The normalized spacial score (nSPS) is 32.2. The van der Waals surface area contributed by atoms with Gasteiger partial charge in [0.1, 0.15) is 24.2 Å². The largest absolute Gasteiger partial charge is 0.461 e. The second-order valence-corrected chi connectivity index (χ2v) is 10.7. The molecule has 1 spiro atoms. The molecule has 198 valence electrons. The van der Waals surface area contributed by atoms with E-state index in [-0.39, 0.29) is 25.0 Å². The molecule has 4 heterocycles. The first kappa shape index (κ1) is 24.8. The topological polar surface area (TPSA) is 96.4 Å². The van der Waals surface area contributed by atoms with Gasteiger partial charge in [-0.2, -0.15) is 0 Å². The average molecular weight is 517 g/mol. The predicted molar refractivity (Wildman–Crippen MR) is 141 cm³/mol. The van der Waals surface area contributed by atoms with Gasteiger partial charge in [0, 0.05) is 25.4 Å². The number of esters is 1. The lowest BCUT2D eigenvalue weighted by Crippen LogP contribution is -2.56. The van der Waals surface area contributed by atoms with E-state index in [1.165, 1.54) is 0 Å². The fraction of sp³-hybridized carbons (Fsp3) is 0.433. The lowest BCUT2D eigenvalue weighted by Gasteiger charge is -2.37. The van der Waals surface area contributed by atoms with Crippen LogP contribution in [0.25, 0.3) is 10.8 Å². The number of unbranched alkanes of at least 4 members (excludes halogenated alkanes) is 2. The molecule has 2 saturated heterocycles. The summed E-state index contributed by atoms with van der Waals surface area (Å²) in [5.41, 5.74) is -1.63. The molecule has 2 amide bonds. The summed E-state index contributed by atoms with van der Waals surface area (Å²) in [6, 6.07) is 12.9. The van der Waals surface area contributed by atoms with Crippen LogP contribution in [0.3, 0.4) is 0 Å². The number of nitrogens with zero attached hydrogens (tertiary/aromatic N) is 2. The second-order valence-electron chi connectivity index (χ2n) is 10.7. The molecule has 1 unspecified atom stereocenters. The van der Waals surface area contributed by atoms with E-state index in [2.05, 4.69) is 0 Å². The third-order valence-corrected chi connectivity index (χ3v) is 8.41. The molecule has 6 rings (SSSR count). The van der Waals surface area contributed by atoms with Crippen LogP contribution in [-0.4, -0.2) is 71.3 Å². The molecule has 8 nitrogen and oxygen atoms in total. The molecule has 0 saturated carbocycles. The van der Waals surface area contributed by atoms with Crippen molar-refractivity contribution in [2.75, 3.05) is 31.2 Å². The van der Waals surface area contributed by atoms with E-state index in [9.17, 15) is 19.5 Å². The zero-order valence-corrected chi connectivity index (χ0v) is 21.4. The third-order valence-electron chi connectivity index (χ3n) is 8.41. The number of hydrogen-bond donors (Lipinski definition) is 1. The Kier molecular flexibility index (Phi) is 6.12. The van der Waals surface area contributed by atoms with Gasteiger partial charge < -0.3 is 24.4 Å². The number of fused-ring (bicyclic) bond motifs is 3. The number of ether oxygens (including phenoxy) is 2. The first-order valence-electron chi connectivity index (χ1n) is 13.3. The lowest BCUT2D eigenvalue weighted by atomic mass is 9.75. The number of carbonyl (C=O) groups is 3. The highest BCUT2D eigenvalue weighted by Gasteiger charge is 2.74. The zero-order valence-electron chi connectivity index (χ0n) is 21.4. The van der Waals surface area contributed by atoms with Crippen LogP contribution in [0, 0.1) is 11.8 Å². The molecule has 0 radical (unpaired) electrons. The van der Waals surface area contributed by atoms with Crippen LogP contribution in [0.4, 0.5) is 5.69 Å².